The SMILES string of the molecule is O[C@@H](C[NH2+]C1CCCC1)COCCOc1ccc(Br)cc1. The predicted molar refractivity (Wildman–Crippen MR) is 85.5 cm³/mol. The van der Waals surface area contributed by atoms with Crippen LogP contribution in [-0.2, 0) is 4.74 Å². The fourth-order valence-electron chi connectivity index (χ4n) is 2.58. The largest absolute Gasteiger partial charge is 0.491 e. The number of aliphatic hydroxyl groups excluding tert-OH is 1. The van der Waals surface area contributed by atoms with Crippen molar-refractivity contribution < 1.29 is 19.9 Å². The molecule has 0 unspecified atom stereocenters. The molecule has 0 heterocycles. The van der Waals surface area contributed by atoms with Gasteiger partial charge in [0.15, 0.2) is 0 Å². The Hall–Kier alpha value is -0.620. The highest BCUT2D eigenvalue weighted by atomic mass is 79.9. The number of hydrogen-bond donors (Lipinski definition) is 2. The maximum absolute atomic E-state index is 9.85. The van der Waals surface area contributed by atoms with Gasteiger partial charge in [-0.15, -0.1) is 0 Å². The number of halogens is 1. The van der Waals surface area contributed by atoms with Gasteiger partial charge in [0.1, 0.15) is 25.0 Å². The van der Waals surface area contributed by atoms with Gasteiger partial charge in [-0.2, -0.15) is 0 Å². The lowest BCUT2D eigenvalue weighted by atomic mass is 10.2. The highest BCUT2D eigenvalue weighted by Gasteiger charge is 2.19. The molecule has 0 aliphatic heterocycles. The van der Waals surface area contributed by atoms with E-state index in [0.29, 0.717) is 25.9 Å². The van der Waals surface area contributed by atoms with E-state index in [1.165, 1.54) is 25.7 Å². The number of ether oxygens (including phenoxy) is 2. The standard InChI is InChI=1S/C16H24BrNO3/c17-13-5-7-16(8-6-13)21-10-9-20-12-15(19)11-18-14-3-1-2-4-14/h5-8,14-15,18-19H,1-4,9-12H2/p+1/t15-/m0/s1. The first-order valence-electron chi connectivity index (χ1n) is 7.71. The molecule has 3 N–H and O–H groups in total. The first-order chi connectivity index (χ1) is 10.2. The topological polar surface area (TPSA) is 55.3 Å². The van der Waals surface area contributed by atoms with Gasteiger partial charge in [-0.1, -0.05) is 15.9 Å². The number of nitrogens with two attached hydrogens (primary N) is 1. The minimum absolute atomic E-state index is 0.382. The minimum Gasteiger partial charge on any atom is -0.491 e. The Labute approximate surface area is 135 Å². The maximum Gasteiger partial charge on any atom is 0.126 e. The quantitative estimate of drug-likeness (QED) is 0.660. The first kappa shape index (κ1) is 16.7. The summed E-state index contributed by atoms with van der Waals surface area (Å²) < 4.78 is 12.0. The second kappa shape index (κ2) is 9.41. The molecule has 1 aromatic rings. The van der Waals surface area contributed by atoms with Crippen LogP contribution in [0.2, 0.25) is 0 Å². The normalized spacial score (nSPS) is 17.0. The summed E-state index contributed by atoms with van der Waals surface area (Å²) in [6.07, 6.45) is 4.85. The Kier molecular flexibility index (Phi) is 7.50. The van der Waals surface area contributed by atoms with E-state index in [9.17, 15) is 5.11 Å². The molecule has 1 atom stereocenters. The Morgan fingerprint density at radius 2 is 1.90 bits per heavy atom. The van der Waals surface area contributed by atoms with Gasteiger partial charge in [0.05, 0.1) is 19.3 Å². The Morgan fingerprint density at radius 3 is 2.62 bits per heavy atom. The molecular formula is C16H25BrNO3+. The molecule has 0 aromatic heterocycles. The van der Waals surface area contributed by atoms with Crippen molar-refractivity contribution in [3.63, 3.8) is 0 Å². The molecule has 1 aromatic carbocycles. The molecule has 118 valence electrons. The van der Waals surface area contributed by atoms with Crippen LogP contribution in [0.5, 0.6) is 5.75 Å². The second-order valence-electron chi connectivity index (χ2n) is 5.55. The molecule has 4 nitrogen and oxygen atoms in total. The third kappa shape index (κ3) is 6.78. The molecule has 21 heavy (non-hydrogen) atoms. The van der Waals surface area contributed by atoms with Crippen molar-refractivity contribution in [2.45, 2.75) is 37.8 Å². The average Bonchev–Trinajstić information content (AvgIpc) is 3.00. The summed E-state index contributed by atoms with van der Waals surface area (Å²) in [5.74, 6) is 0.830. The van der Waals surface area contributed by atoms with Crippen LogP contribution in [0, 0.1) is 0 Å². The Balaban J connectivity index is 1.47. The molecule has 0 radical (unpaired) electrons. The van der Waals surface area contributed by atoms with Crippen molar-refractivity contribution in [1.82, 2.24) is 0 Å². The van der Waals surface area contributed by atoms with E-state index in [2.05, 4.69) is 21.2 Å². The van der Waals surface area contributed by atoms with Gasteiger partial charge in [0, 0.05) is 4.47 Å². The molecule has 0 saturated heterocycles. The molecule has 1 saturated carbocycles. The smallest absolute Gasteiger partial charge is 0.126 e. The van der Waals surface area contributed by atoms with Crippen LogP contribution in [0.25, 0.3) is 0 Å². The number of aliphatic hydroxyl groups is 1. The molecule has 2 rings (SSSR count). The van der Waals surface area contributed by atoms with E-state index in [-0.39, 0.29) is 0 Å². The average molecular weight is 359 g/mol. The van der Waals surface area contributed by atoms with E-state index in [4.69, 9.17) is 9.47 Å². The molecule has 5 heteroatoms. The summed E-state index contributed by atoms with van der Waals surface area (Å²) in [6.45, 7) is 2.11. The number of benzene rings is 1. The predicted octanol–water partition coefficient (Wildman–Crippen LogP) is 1.71. The highest BCUT2D eigenvalue weighted by Crippen LogP contribution is 2.16. The van der Waals surface area contributed by atoms with Crippen molar-refractivity contribution in [3.05, 3.63) is 28.7 Å². The third-order valence-corrected chi connectivity index (χ3v) is 4.29. The van der Waals surface area contributed by atoms with Crippen molar-refractivity contribution in [2.75, 3.05) is 26.4 Å². The molecule has 1 aliphatic carbocycles. The van der Waals surface area contributed by atoms with Gasteiger partial charge in [-0.05, 0) is 49.9 Å². The summed E-state index contributed by atoms with van der Waals surface area (Å²) in [6, 6.07) is 8.42. The summed E-state index contributed by atoms with van der Waals surface area (Å²) >= 11 is 3.38. The lowest BCUT2D eigenvalue weighted by molar-refractivity contribution is -0.693. The zero-order valence-electron chi connectivity index (χ0n) is 12.3. The summed E-state index contributed by atoms with van der Waals surface area (Å²) in [4.78, 5) is 0. The second-order valence-corrected chi connectivity index (χ2v) is 6.46. The zero-order chi connectivity index (χ0) is 14.9. The summed E-state index contributed by atoms with van der Waals surface area (Å²) in [5, 5.41) is 12.1. The van der Waals surface area contributed by atoms with Crippen LogP contribution in [0.3, 0.4) is 0 Å². The number of rotatable bonds is 9. The monoisotopic (exact) mass is 358 g/mol. The van der Waals surface area contributed by atoms with Gasteiger partial charge in [0.2, 0.25) is 0 Å². The van der Waals surface area contributed by atoms with Crippen LogP contribution in [0.15, 0.2) is 28.7 Å². The van der Waals surface area contributed by atoms with Crippen LogP contribution in [0.1, 0.15) is 25.7 Å². The van der Waals surface area contributed by atoms with Gasteiger partial charge in [-0.25, -0.2) is 0 Å². The molecule has 1 fully saturated rings. The Morgan fingerprint density at radius 1 is 1.19 bits per heavy atom. The lowest BCUT2D eigenvalue weighted by Crippen LogP contribution is -2.91. The van der Waals surface area contributed by atoms with Crippen molar-refractivity contribution >= 4 is 15.9 Å². The van der Waals surface area contributed by atoms with Crippen LogP contribution in [0.4, 0.5) is 0 Å². The van der Waals surface area contributed by atoms with Crippen molar-refractivity contribution in [2.24, 2.45) is 0 Å². The highest BCUT2D eigenvalue weighted by molar-refractivity contribution is 9.10. The van der Waals surface area contributed by atoms with E-state index in [1.54, 1.807) is 0 Å². The third-order valence-electron chi connectivity index (χ3n) is 3.76. The summed E-state index contributed by atoms with van der Waals surface area (Å²) in [5.41, 5.74) is 0. The maximum atomic E-state index is 9.85. The zero-order valence-corrected chi connectivity index (χ0v) is 13.9. The fraction of sp³-hybridized carbons (Fsp3) is 0.625. The lowest BCUT2D eigenvalue weighted by Gasteiger charge is -2.13. The van der Waals surface area contributed by atoms with E-state index in [1.807, 2.05) is 24.3 Å². The van der Waals surface area contributed by atoms with Gasteiger partial charge >= 0.3 is 0 Å². The van der Waals surface area contributed by atoms with E-state index >= 15 is 0 Å². The minimum atomic E-state index is -0.390. The van der Waals surface area contributed by atoms with Crippen LogP contribution < -0.4 is 10.1 Å². The van der Waals surface area contributed by atoms with Gasteiger partial charge in [0.25, 0.3) is 0 Å². The fourth-order valence-corrected chi connectivity index (χ4v) is 2.84. The Bertz CT molecular complexity index is 393. The number of hydrogen-bond acceptors (Lipinski definition) is 3. The van der Waals surface area contributed by atoms with E-state index < -0.39 is 6.10 Å². The molecule has 0 bridgehead atoms. The molecule has 0 spiro atoms. The van der Waals surface area contributed by atoms with Crippen LogP contribution in [-0.4, -0.2) is 43.6 Å². The summed E-state index contributed by atoms with van der Waals surface area (Å²) in [7, 11) is 0. The van der Waals surface area contributed by atoms with Crippen molar-refractivity contribution in [3.8, 4) is 5.75 Å². The van der Waals surface area contributed by atoms with Crippen LogP contribution >= 0.6 is 15.9 Å². The van der Waals surface area contributed by atoms with Gasteiger partial charge in [-0.3, -0.25) is 0 Å². The number of quaternary nitrogens is 1. The molecule has 0 amide bonds. The first-order valence-corrected chi connectivity index (χ1v) is 8.51. The molecule has 1 aliphatic rings. The van der Waals surface area contributed by atoms with E-state index in [0.717, 1.165) is 16.8 Å². The molecular weight excluding hydrogens is 334 g/mol. The van der Waals surface area contributed by atoms with Gasteiger partial charge < -0.3 is 19.9 Å². The van der Waals surface area contributed by atoms with Crippen molar-refractivity contribution in [1.29, 1.82) is 0 Å².